The Morgan fingerprint density at radius 3 is 2.10 bits per heavy atom. The first-order valence-corrected chi connectivity index (χ1v) is 19.5. The van der Waals surface area contributed by atoms with Crippen molar-refractivity contribution in [2.24, 2.45) is 0 Å². The van der Waals surface area contributed by atoms with Crippen LogP contribution in [-0.2, 0) is 16.2 Å². The van der Waals surface area contributed by atoms with E-state index in [1.807, 2.05) is 0 Å². The van der Waals surface area contributed by atoms with Crippen LogP contribution in [0.4, 0.5) is 28.4 Å². The fraction of sp³-hybridized carbons (Fsp3) is 0.422. The summed E-state index contributed by atoms with van der Waals surface area (Å²) in [4.78, 5) is 5.03. The van der Waals surface area contributed by atoms with Crippen molar-refractivity contribution < 1.29 is 0 Å². The molecule has 1 fully saturated rings. The summed E-state index contributed by atoms with van der Waals surface area (Å²) in [6, 6.07) is 30.0. The third-order valence-corrected chi connectivity index (χ3v) is 13.2. The molecule has 7 rings (SSSR count). The molecule has 1 saturated carbocycles. The van der Waals surface area contributed by atoms with Crippen molar-refractivity contribution in [1.29, 1.82) is 0 Å². The van der Waals surface area contributed by atoms with E-state index in [2.05, 4.69) is 163 Å². The Kier molecular flexibility index (Phi) is 8.31. The maximum atomic E-state index is 7.82. The van der Waals surface area contributed by atoms with Gasteiger partial charge in [0.25, 0.3) is 0 Å². The summed E-state index contributed by atoms with van der Waals surface area (Å²) in [5, 5.41) is 4.37. The van der Waals surface area contributed by atoms with Gasteiger partial charge in [0.15, 0.2) is 0 Å². The van der Waals surface area contributed by atoms with Crippen molar-refractivity contribution in [2.75, 3.05) is 9.80 Å². The average molecular weight is 689 g/mol. The van der Waals surface area contributed by atoms with Crippen molar-refractivity contribution in [2.45, 2.75) is 123 Å². The molecule has 1 aliphatic carbocycles. The molecule has 0 saturated heterocycles. The Morgan fingerprint density at radius 1 is 0.755 bits per heavy atom. The molecule has 2 unspecified atom stereocenters. The van der Waals surface area contributed by atoms with E-state index in [9.17, 15) is 0 Å². The molecule has 256 valence electrons. The van der Waals surface area contributed by atoms with Gasteiger partial charge < -0.3 is 9.80 Å². The summed E-state index contributed by atoms with van der Waals surface area (Å²) in [6.45, 7) is 23.3. The number of nitrogens with zero attached hydrogens (tertiary/aromatic N) is 2. The van der Waals surface area contributed by atoms with Gasteiger partial charge in [0.1, 0.15) is 0 Å². The number of hydrogen-bond donors (Lipinski definition) is 0. The molecule has 0 N–H and O–H groups in total. The van der Waals surface area contributed by atoms with E-state index < -0.39 is 0 Å². The topological polar surface area (TPSA) is 6.48 Å². The van der Waals surface area contributed by atoms with Gasteiger partial charge in [-0.05, 0) is 101 Å². The largest absolute Gasteiger partial charge is 0.333 e. The van der Waals surface area contributed by atoms with E-state index in [-0.39, 0.29) is 21.8 Å². The minimum Gasteiger partial charge on any atom is -0.333 e. The molecule has 2 nitrogen and oxygen atoms in total. The molecule has 4 aromatic carbocycles. The first-order valence-electron chi connectivity index (χ1n) is 18.2. The number of rotatable bonds is 5. The van der Waals surface area contributed by atoms with E-state index in [1.54, 1.807) is 11.3 Å². The molecule has 5 aromatic rings. The predicted octanol–water partition coefficient (Wildman–Crippen LogP) is 14.5. The second kappa shape index (κ2) is 11.9. The van der Waals surface area contributed by atoms with E-state index in [4.69, 9.17) is 11.6 Å². The quantitative estimate of drug-likeness (QED) is 0.181. The van der Waals surface area contributed by atoms with Crippen molar-refractivity contribution in [3.8, 4) is 0 Å². The molecule has 0 radical (unpaired) electrons. The molecule has 2 heterocycles. The van der Waals surface area contributed by atoms with Crippen LogP contribution in [0.3, 0.4) is 0 Å². The van der Waals surface area contributed by atoms with E-state index in [1.165, 1.54) is 63.0 Å². The third-order valence-electron chi connectivity index (χ3n) is 11.9. The van der Waals surface area contributed by atoms with Crippen molar-refractivity contribution >= 4 is 61.5 Å². The van der Waals surface area contributed by atoms with Gasteiger partial charge in [-0.2, -0.15) is 0 Å². The SMILES string of the molecule is CC(C)c1ccc2c(c1)C1(C)CCCCC1(C)N2c1cccc(N(c2ccc(C(C)(C)C)cc2)c2csc3ccc(C(C)(C)C)cc23)c1Cl. The Morgan fingerprint density at radius 2 is 1.43 bits per heavy atom. The Bertz CT molecular complexity index is 2020. The van der Waals surface area contributed by atoms with E-state index in [0.29, 0.717) is 5.92 Å². The third kappa shape index (κ3) is 5.51. The molecule has 2 atom stereocenters. The highest BCUT2D eigenvalue weighted by atomic mass is 35.5. The second-order valence-corrected chi connectivity index (χ2v) is 18.7. The van der Waals surface area contributed by atoms with Crippen LogP contribution in [0, 0.1) is 0 Å². The highest BCUT2D eigenvalue weighted by Gasteiger charge is 2.58. The van der Waals surface area contributed by atoms with Crippen molar-refractivity contribution in [3.63, 3.8) is 0 Å². The molecule has 2 aliphatic rings. The molecule has 1 aromatic heterocycles. The smallest absolute Gasteiger partial charge is 0.0883 e. The number of benzene rings is 4. The van der Waals surface area contributed by atoms with E-state index in [0.717, 1.165) is 28.5 Å². The van der Waals surface area contributed by atoms with Crippen LogP contribution >= 0.6 is 22.9 Å². The number of fused-ring (bicyclic) bond motifs is 4. The molecule has 49 heavy (non-hydrogen) atoms. The van der Waals surface area contributed by atoms with Crippen LogP contribution in [0.15, 0.2) is 84.2 Å². The van der Waals surface area contributed by atoms with Crippen LogP contribution in [0.5, 0.6) is 0 Å². The molecule has 1 aliphatic heterocycles. The molecule has 0 bridgehead atoms. The maximum Gasteiger partial charge on any atom is 0.0883 e. The first kappa shape index (κ1) is 34.2. The lowest BCUT2D eigenvalue weighted by molar-refractivity contribution is 0.195. The summed E-state index contributed by atoms with van der Waals surface area (Å²) >= 11 is 9.62. The lowest BCUT2D eigenvalue weighted by atomic mass is 9.61. The number of anilines is 5. The van der Waals surface area contributed by atoms with Crippen molar-refractivity contribution in [1.82, 2.24) is 0 Å². The lowest BCUT2D eigenvalue weighted by Gasteiger charge is -2.50. The van der Waals surface area contributed by atoms with Crippen LogP contribution in [0.25, 0.3) is 10.1 Å². The summed E-state index contributed by atoms with van der Waals surface area (Å²) in [7, 11) is 0. The molecular formula is C45H53ClN2S. The van der Waals surface area contributed by atoms with Crippen LogP contribution in [-0.4, -0.2) is 5.54 Å². The molecular weight excluding hydrogens is 636 g/mol. The van der Waals surface area contributed by atoms with Crippen molar-refractivity contribution in [3.05, 3.63) is 112 Å². The minimum atomic E-state index is -0.0820. The maximum absolute atomic E-state index is 7.82. The first-order chi connectivity index (χ1) is 23.0. The fourth-order valence-electron chi connectivity index (χ4n) is 8.51. The second-order valence-electron chi connectivity index (χ2n) is 17.4. The summed E-state index contributed by atoms with van der Waals surface area (Å²) < 4.78 is 1.28. The fourth-order valence-corrected chi connectivity index (χ4v) is 9.72. The van der Waals surface area contributed by atoms with Crippen LogP contribution in [0.1, 0.15) is 123 Å². The Hall–Kier alpha value is -3.27. The number of thiophene rings is 1. The summed E-state index contributed by atoms with van der Waals surface area (Å²) in [6.07, 6.45) is 4.82. The monoisotopic (exact) mass is 688 g/mol. The van der Waals surface area contributed by atoms with Gasteiger partial charge in [0.05, 0.1) is 27.6 Å². The van der Waals surface area contributed by atoms with Gasteiger partial charge in [-0.25, -0.2) is 0 Å². The van der Waals surface area contributed by atoms with Gasteiger partial charge in [-0.3, -0.25) is 0 Å². The molecule has 0 spiro atoms. The van der Waals surface area contributed by atoms with Crippen LogP contribution < -0.4 is 9.80 Å². The zero-order valence-corrected chi connectivity index (χ0v) is 32.7. The lowest BCUT2D eigenvalue weighted by Crippen LogP contribution is -2.54. The van der Waals surface area contributed by atoms with Gasteiger partial charge in [0.2, 0.25) is 0 Å². The van der Waals surface area contributed by atoms with Gasteiger partial charge >= 0.3 is 0 Å². The van der Waals surface area contributed by atoms with Gasteiger partial charge in [-0.15, -0.1) is 11.3 Å². The Balaban J connectivity index is 1.45. The Labute approximate surface area is 304 Å². The molecule has 0 amide bonds. The summed E-state index contributed by atoms with van der Waals surface area (Å²) in [5.74, 6) is 0.488. The zero-order valence-electron chi connectivity index (χ0n) is 31.2. The highest BCUT2D eigenvalue weighted by Crippen LogP contribution is 2.62. The van der Waals surface area contributed by atoms with Crippen LogP contribution in [0.2, 0.25) is 5.02 Å². The van der Waals surface area contributed by atoms with Gasteiger partial charge in [-0.1, -0.05) is 123 Å². The number of halogens is 1. The summed E-state index contributed by atoms with van der Waals surface area (Å²) in [5.41, 5.74) is 11.3. The highest BCUT2D eigenvalue weighted by molar-refractivity contribution is 7.17. The normalized spacial score (nSPS) is 20.9. The zero-order chi connectivity index (χ0) is 35.1. The average Bonchev–Trinajstić information content (AvgIpc) is 3.55. The molecule has 4 heteroatoms. The van der Waals surface area contributed by atoms with Gasteiger partial charge in [0, 0.05) is 32.3 Å². The number of hydrogen-bond acceptors (Lipinski definition) is 3. The van der Waals surface area contributed by atoms with E-state index >= 15 is 0 Å². The minimum absolute atomic E-state index is 0.0419. The predicted molar refractivity (Wildman–Crippen MR) is 216 cm³/mol. The standard InChI is InChI=1S/C45H53ClN2S/c1-29(2)30-16-22-36-35(26-30)44(9)24-11-12-25-45(44,10)48(36)38-15-13-14-37(41(38)46)47(33-20-17-31(18-21-33)42(3,4)5)39-28-49-40-23-19-32(27-34(39)40)43(6,7)8/h13-23,26-29H,11-12,24-25H2,1-10H3.